The summed E-state index contributed by atoms with van der Waals surface area (Å²) in [6.07, 6.45) is 0. The average Bonchev–Trinajstić information content (AvgIpc) is 1.99. The van der Waals surface area contributed by atoms with E-state index in [9.17, 15) is 4.39 Å². The summed E-state index contributed by atoms with van der Waals surface area (Å²) in [5.74, 6) is -0.563. The van der Waals surface area contributed by atoms with E-state index in [1.165, 1.54) is 12.1 Å². The number of thiocarbonyl (C=S) groups is 1. The van der Waals surface area contributed by atoms with Gasteiger partial charge in [-0.2, -0.15) is 4.99 Å². The van der Waals surface area contributed by atoms with Crippen LogP contribution in [0.5, 0.6) is 0 Å². The van der Waals surface area contributed by atoms with E-state index in [1.807, 2.05) is 0 Å². The molecule has 0 aliphatic carbocycles. The van der Waals surface area contributed by atoms with Gasteiger partial charge in [-0.1, -0.05) is 17.7 Å². The first-order valence-electron chi connectivity index (χ1n) is 2.77. The van der Waals surface area contributed by atoms with Crippen molar-refractivity contribution in [3.05, 3.63) is 29.0 Å². The summed E-state index contributed by atoms with van der Waals surface area (Å²) in [5.41, 5.74) is 0.118. The van der Waals surface area contributed by atoms with Gasteiger partial charge < -0.3 is 0 Å². The smallest absolute Gasteiger partial charge is 0.168 e. The first kappa shape index (κ1) is 8.34. The number of halogens is 2. The van der Waals surface area contributed by atoms with E-state index in [4.69, 9.17) is 11.6 Å². The van der Waals surface area contributed by atoms with Crippen molar-refractivity contribution in [3.63, 3.8) is 0 Å². The summed E-state index contributed by atoms with van der Waals surface area (Å²) in [4.78, 5) is 3.47. The summed E-state index contributed by atoms with van der Waals surface area (Å²) < 4.78 is 12.9. The van der Waals surface area contributed by atoms with Crippen molar-refractivity contribution in [1.29, 1.82) is 0 Å². The summed E-state index contributed by atoms with van der Waals surface area (Å²) in [6, 6.07) is 4.51. The highest BCUT2D eigenvalue weighted by atomic mass is 35.5. The van der Waals surface area contributed by atoms with E-state index in [2.05, 4.69) is 22.4 Å². The Balaban J connectivity index is 3.26. The maximum absolute atomic E-state index is 12.9. The van der Waals surface area contributed by atoms with Gasteiger partial charge in [0.15, 0.2) is 5.82 Å². The highest BCUT2D eigenvalue weighted by Gasteiger charge is 2.02. The molecule has 0 saturated carbocycles. The molecule has 1 aromatic carbocycles. The molecule has 0 aliphatic heterocycles. The van der Waals surface area contributed by atoms with Crippen LogP contribution < -0.4 is 0 Å². The molecule has 4 heteroatoms. The molecule has 0 radical (unpaired) electrons. The van der Waals surface area contributed by atoms with E-state index >= 15 is 0 Å². The lowest BCUT2D eigenvalue weighted by atomic mass is 10.3. The molecule has 0 amide bonds. The molecule has 56 valence electrons. The molecule has 0 fully saturated rings. The highest BCUT2D eigenvalue weighted by Crippen LogP contribution is 2.23. The molecule has 0 N–H and O–H groups in total. The van der Waals surface area contributed by atoms with Crippen molar-refractivity contribution < 1.29 is 4.39 Å². The molecule has 1 rings (SSSR count). The van der Waals surface area contributed by atoms with Crippen LogP contribution >= 0.6 is 23.8 Å². The second-order valence-corrected chi connectivity index (χ2v) is 2.37. The summed E-state index contributed by atoms with van der Waals surface area (Å²) in [7, 11) is 0. The molecular weight excluding hydrogens is 185 g/mol. The number of hydrogen-bond acceptors (Lipinski definition) is 2. The van der Waals surface area contributed by atoms with Crippen LogP contribution in [-0.2, 0) is 0 Å². The van der Waals surface area contributed by atoms with Gasteiger partial charge in [0.2, 0.25) is 0 Å². The van der Waals surface area contributed by atoms with Crippen LogP contribution in [0, 0.1) is 5.82 Å². The number of rotatable bonds is 1. The number of aliphatic imine (C=N–C) groups is 1. The predicted molar refractivity (Wildman–Crippen MR) is 46.1 cm³/mol. The number of benzene rings is 1. The van der Waals surface area contributed by atoms with Crippen LogP contribution in [0.25, 0.3) is 0 Å². The maximum atomic E-state index is 12.9. The van der Waals surface area contributed by atoms with Crippen LogP contribution in [0.4, 0.5) is 10.1 Å². The zero-order chi connectivity index (χ0) is 8.27. The third kappa shape index (κ3) is 1.84. The molecule has 0 aromatic heterocycles. The lowest BCUT2D eigenvalue weighted by molar-refractivity contribution is 0.630. The lowest BCUT2D eigenvalue weighted by Gasteiger charge is -1.94. The molecule has 0 unspecified atom stereocenters. The molecular formula is C7H3ClFNS. The molecule has 1 aromatic rings. The number of nitrogens with zero attached hydrogens (tertiary/aromatic N) is 1. The Hall–Kier alpha value is -0.760. The first-order valence-corrected chi connectivity index (χ1v) is 3.56. The maximum Gasteiger partial charge on any atom is 0.168 e. The minimum Gasteiger partial charge on any atom is -0.203 e. The fraction of sp³-hybridized carbons (Fsp3) is 0. The zero-order valence-electron chi connectivity index (χ0n) is 5.34. The van der Waals surface area contributed by atoms with Crippen LogP contribution in [0.1, 0.15) is 0 Å². The molecule has 0 bridgehead atoms. The Morgan fingerprint density at radius 3 is 2.91 bits per heavy atom. The SMILES string of the molecule is Fc1c(Cl)cccc1N=C=S. The van der Waals surface area contributed by atoms with Crippen LogP contribution in [0.2, 0.25) is 5.02 Å². The van der Waals surface area contributed by atoms with Gasteiger partial charge in [0.25, 0.3) is 0 Å². The zero-order valence-corrected chi connectivity index (χ0v) is 6.92. The Bertz CT molecular complexity index is 320. The Kier molecular flexibility index (Phi) is 2.71. The van der Waals surface area contributed by atoms with E-state index in [0.29, 0.717) is 0 Å². The monoisotopic (exact) mass is 187 g/mol. The average molecular weight is 188 g/mol. The molecule has 0 spiro atoms. The van der Waals surface area contributed by atoms with Gasteiger partial charge in [0.1, 0.15) is 5.69 Å². The number of isothiocyanates is 1. The second-order valence-electron chi connectivity index (χ2n) is 1.78. The Morgan fingerprint density at radius 1 is 1.55 bits per heavy atom. The van der Waals surface area contributed by atoms with Gasteiger partial charge in [-0.3, -0.25) is 0 Å². The van der Waals surface area contributed by atoms with E-state index < -0.39 is 5.82 Å². The van der Waals surface area contributed by atoms with Gasteiger partial charge in [-0.05, 0) is 24.4 Å². The van der Waals surface area contributed by atoms with E-state index in [0.717, 1.165) is 0 Å². The Labute approximate surface area is 73.5 Å². The molecule has 0 saturated heterocycles. The standard InChI is InChI=1S/C7H3ClFNS/c8-5-2-1-3-6(7(5)9)10-4-11/h1-3H. The summed E-state index contributed by atoms with van der Waals surface area (Å²) in [5, 5.41) is 2.10. The van der Waals surface area contributed by atoms with Crippen molar-refractivity contribution in [2.75, 3.05) is 0 Å². The highest BCUT2D eigenvalue weighted by molar-refractivity contribution is 7.78. The van der Waals surface area contributed by atoms with Gasteiger partial charge in [-0.15, -0.1) is 0 Å². The minimum atomic E-state index is -0.563. The van der Waals surface area contributed by atoms with Crippen molar-refractivity contribution in [3.8, 4) is 0 Å². The van der Waals surface area contributed by atoms with Crippen LogP contribution in [0.3, 0.4) is 0 Å². The number of hydrogen-bond donors (Lipinski definition) is 0. The van der Waals surface area contributed by atoms with Gasteiger partial charge >= 0.3 is 0 Å². The quantitative estimate of drug-likeness (QED) is 0.486. The van der Waals surface area contributed by atoms with Crippen LogP contribution in [-0.4, -0.2) is 5.16 Å². The van der Waals surface area contributed by atoms with E-state index in [-0.39, 0.29) is 10.7 Å². The second kappa shape index (κ2) is 3.58. The third-order valence-electron chi connectivity index (χ3n) is 1.10. The molecule has 0 aliphatic rings. The summed E-state index contributed by atoms with van der Waals surface area (Å²) >= 11 is 9.76. The predicted octanol–water partition coefficient (Wildman–Crippen LogP) is 3.21. The topological polar surface area (TPSA) is 12.4 Å². The van der Waals surface area contributed by atoms with Crippen molar-refractivity contribution in [1.82, 2.24) is 0 Å². The fourth-order valence-corrected chi connectivity index (χ4v) is 0.896. The van der Waals surface area contributed by atoms with Crippen molar-refractivity contribution in [2.45, 2.75) is 0 Å². The molecule has 0 atom stereocenters. The normalized spacial score (nSPS) is 8.91. The largest absolute Gasteiger partial charge is 0.203 e. The van der Waals surface area contributed by atoms with Crippen molar-refractivity contribution >= 4 is 34.7 Å². The van der Waals surface area contributed by atoms with Gasteiger partial charge in [-0.25, -0.2) is 4.39 Å². The lowest BCUT2D eigenvalue weighted by Crippen LogP contribution is -1.75. The van der Waals surface area contributed by atoms with Gasteiger partial charge in [0.05, 0.1) is 10.2 Å². The molecule has 0 heterocycles. The molecule has 11 heavy (non-hydrogen) atoms. The first-order chi connectivity index (χ1) is 5.25. The third-order valence-corrected chi connectivity index (χ3v) is 1.48. The fourth-order valence-electron chi connectivity index (χ4n) is 0.628. The minimum absolute atomic E-state index is 0.0384. The van der Waals surface area contributed by atoms with Crippen molar-refractivity contribution in [2.24, 2.45) is 4.99 Å². The summed E-state index contributed by atoms with van der Waals surface area (Å²) in [6.45, 7) is 0. The Morgan fingerprint density at radius 2 is 2.27 bits per heavy atom. The molecule has 1 nitrogen and oxygen atoms in total. The van der Waals surface area contributed by atoms with Crippen LogP contribution in [0.15, 0.2) is 23.2 Å². The van der Waals surface area contributed by atoms with Gasteiger partial charge in [0, 0.05) is 0 Å². The van der Waals surface area contributed by atoms with E-state index in [1.54, 1.807) is 6.07 Å².